The van der Waals surface area contributed by atoms with Crippen molar-refractivity contribution in [3.8, 4) is 0 Å². The average molecular weight is 281 g/mol. The summed E-state index contributed by atoms with van der Waals surface area (Å²) in [5.74, 6) is -0.0363. The Morgan fingerprint density at radius 2 is 2.37 bits per heavy atom. The van der Waals surface area contributed by atoms with Gasteiger partial charge in [0, 0.05) is 30.9 Å². The summed E-state index contributed by atoms with van der Waals surface area (Å²) in [6.07, 6.45) is 1.87. The van der Waals surface area contributed by atoms with Crippen molar-refractivity contribution in [1.29, 1.82) is 0 Å². The summed E-state index contributed by atoms with van der Waals surface area (Å²) in [7, 11) is 0. The van der Waals surface area contributed by atoms with Crippen LogP contribution in [0.25, 0.3) is 0 Å². The molecule has 0 spiro atoms. The minimum absolute atomic E-state index is 0.0363. The molecule has 1 saturated heterocycles. The van der Waals surface area contributed by atoms with Crippen LogP contribution in [0.3, 0.4) is 0 Å². The van der Waals surface area contributed by atoms with Crippen molar-refractivity contribution < 1.29 is 9.59 Å². The molecule has 0 saturated carbocycles. The van der Waals surface area contributed by atoms with Crippen molar-refractivity contribution in [2.75, 3.05) is 13.1 Å². The van der Waals surface area contributed by atoms with E-state index in [0.717, 1.165) is 24.3 Å². The van der Waals surface area contributed by atoms with Crippen LogP contribution in [-0.2, 0) is 11.3 Å². The van der Waals surface area contributed by atoms with E-state index in [1.165, 1.54) is 6.92 Å². The van der Waals surface area contributed by atoms with Crippen LogP contribution in [0.1, 0.15) is 24.6 Å². The highest BCUT2D eigenvalue weighted by Crippen LogP contribution is 2.11. The van der Waals surface area contributed by atoms with Gasteiger partial charge >= 0.3 is 6.03 Å². The summed E-state index contributed by atoms with van der Waals surface area (Å²) >= 11 is 1.63. The number of piperidine rings is 1. The fourth-order valence-corrected chi connectivity index (χ4v) is 2.90. The molecular formula is C13H19N3O2S. The predicted octanol–water partition coefficient (Wildman–Crippen LogP) is 1.56. The van der Waals surface area contributed by atoms with Gasteiger partial charge in [-0.05, 0) is 24.3 Å². The predicted molar refractivity (Wildman–Crippen MR) is 75.0 cm³/mol. The van der Waals surface area contributed by atoms with Gasteiger partial charge in [-0.2, -0.15) is 0 Å². The number of likely N-dealkylation sites (tertiary alicyclic amines) is 1. The van der Waals surface area contributed by atoms with Gasteiger partial charge in [0.15, 0.2) is 0 Å². The third kappa shape index (κ3) is 4.24. The third-order valence-electron chi connectivity index (χ3n) is 3.11. The van der Waals surface area contributed by atoms with Crippen molar-refractivity contribution in [3.05, 3.63) is 22.4 Å². The van der Waals surface area contributed by atoms with Crippen molar-refractivity contribution in [3.63, 3.8) is 0 Å². The highest BCUT2D eigenvalue weighted by molar-refractivity contribution is 7.09. The Labute approximate surface area is 117 Å². The highest BCUT2D eigenvalue weighted by atomic mass is 32.1. The average Bonchev–Trinajstić information content (AvgIpc) is 2.88. The van der Waals surface area contributed by atoms with Crippen LogP contribution in [-0.4, -0.2) is 36.0 Å². The quantitative estimate of drug-likeness (QED) is 0.883. The van der Waals surface area contributed by atoms with Gasteiger partial charge in [0.25, 0.3) is 0 Å². The van der Waals surface area contributed by atoms with E-state index in [1.54, 1.807) is 16.2 Å². The fourth-order valence-electron chi connectivity index (χ4n) is 2.25. The lowest BCUT2D eigenvalue weighted by Gasteiger charge is -2.32. The number of hydrogen-bond acceptors (Lipinski definition) is 3. The molecule has 5 nitrogen and oxygen atoms in total. The second-order valence-corrected chi connectivity index (χ2v) is 5.76. The molecule has 2 N–H and O–H groups in total. The van der Waals surface area contributed by atoms with Gasteiger partial charge in [-0.3, -0.25) is 4.79 Å². The highest BCUT2D eigenvalue weighted by Gasteiger charge is 2.23. The van der Waals surface area contributed by atoms with E-state index in [9.17, 15) is 9.59 Å². The number of carbonyl (C=O) groups excluding carboxylic acids is 2. The van der Waals surface area contributed by atoms with E-state index in [0.29, 0.717) is 13.1 Å². The normalized spacial score (nSPS) is 19.0. The molecule has 3 amide bonds. The number of carbonyl (C=O) groups is 2. The Balaban J connectivity index is 1.79. The number of thiophene rings is 1. The Morgan fingerprint density at radius 1 is 1.53 bits per heavy atom. The molecule has 1 atom stereocenters. The van der Waals surface area contributed by atoms with Gasteiger partial charge in [0.1, 0.15) is 0 Å². The Kier molecular flexibility index (Phi) is 4.79. The summed E-state index contributed by atoms with van der Waals surface area (Å²) in [5.41, 5.74) is 0. The first-order valence-corrected chi connectivity index (χ1v) is 7.35. The molecule has 1 fully saturated rings. The van der Waals surface area contributed by atoms with Crippen molar-refractivity contribution in [1.82, 2.24) is 15.5 Å². The zero-order valence-electron chi connectivity index (χ0n) is 11.0. The van der Waals surface area contributed by atoms with Crippen LogP contribution in [0.15, 0.2) is 17.5 Å². The molecule has 0 radical (unpaired) electrons. The first-order chi connectivity index (χ1) is 9.15. The lowest BCUT2D eigenvalue weighted by atomic mass is 10.1. The molecule has 1 aromatic rings. The summed E-state index contributed by atoms with van der Waals surface area (Å²) in [5, 5.41) is 7.79. The molecule has 6 heteroatoms. The van der Waals surface area contributed by atoms with E-state index in [1.807, 2.05) is 17.5 Å². The first kappa shape index (κ1) is 13.9. The van der Waals surface area contributed by atoms with E-state index in [4.69, 9.17) is 0 Å². The maximum atomic E-state index is 12.0. The third-order valence-corrected chi connectivity index (χ3v) is 3.99. The molecule has 1 aliphatic heterocycles. The SMILES string of the molecule is CC(=O)N[C@H]1CCCN(C(=O)NCc2cccs2)C1. The van der Waals surface area contributed by atoms with E-state index in [-0.39, 0.29) is 18.0 Å². The second kappa shape index (κ2) is 6.56. The number of hydrogen-bond donors (Lipinski definition) is 2. The molecule has 19 heavy (non-hydrogen) atoms. The summed E-state index contributed by atoms with van der Waals surface area (Å²) < 4.78 is 0. The van der Waals surface area contributed by atoms with E-state index >= 15 is 0 Å². The molecule has 2 rings (SSSR count). The van der Waals surface area contributed by atoms with Crippen LogP contribution in [0.4, 0.5) is 4.79 Å². The van der Waals surface area contributed by atoms with Crippen molar-refractivity contribution in [2.45, 2.75) is 32.4 Å². The van der Waals surface area contributed by atoms with Crippen molar-refractivity contribution >= 4 is 23.3 Å². The zero-order chi connectivity index (χ0) is 13.7. The minimum Gasteiger partial charge on any atom is -0.352 e. The Hall–Kier alpha value is -1.56. The molecule has 0 aromatic carbocycles. The first-order valence-electron chi connectivity index (χ1n) is 6.47. The van der Waals surface area contributed by atoms with Gasteiger partial charge in [-0.25, -0.2) is 4.79 Å². The van der Waals surface area contributed by atoms with Gasteiger partial charge in [-0.15, -0.1) is 11.3 Å². The van der Waals surface area contributed by atoms with Gasteiger partial charge in [-0.1, -0.05) is 6.07 Å². The number of urea groups is 1. The molecular weight excluding hydrogens is 262 g/mol. The van der Waals surface area contributed by atoms with E-state index < -0.39 is 0 Å². The van der Waals surface area contributed by atoms with Gasteiger partial charge in [0.2, 0.25) is 5.91 Å². The van der Waals surface area contributed by atoms with Crippen molar-refractivity contribution in [2.24, 2.45) is 0 Å². The maximum absolute atomic E-state index is 12.0. The minimum atomic E-state index is -0.0524. The number of rotatable bonds is 3. The van der Waals surface area contributed by atoms with Gasteiger partial charge < -0.3 is 15.5 Å². The molecule has 104 valence electrons. The number of nitrogens with one attached hydrogen (secondary N) is 2. The largest absolute Gasteiger partial charge is 0.352 e. The van der Waals surface area contributed by atoms with E-state index in [2.05, 4.69) is 10.6 Å². The molecule has 0 aliphatic carbocycles. The van der Waals surface area contributed by atoms with Crippen LogP contribution >= 0.6 is 11.3 Å². The number of amides is 3. The summed E-state index contributed by atoms with van der Waals surface area (Å²) in [6.45, 7) is 3.43. The summed E-state index contributed by atoms with van der Waals surface area (Å²) in [6, 6.07) is 4.00. The lowest BCUT2D eigenvalue weighted by molar-refractivity contribution is -0.119. The van der Waals surface area contributed by atoms with Crippen LogP contribution < -0.4 is 10.6 Å². The van der Waals surface area contributed by atoms with Crippen LogP contribution in [0.5, 0.6) is 0 Å². The zero-order valence-corrected chi connectivity index (χ0v) is 11.8. The maximum Gasteiger partial charge on any atom is 0.317 e. The Morgan fingerprint density at radius 3 is 3.05 bits per heavy atom. The number of nitrogens with zero attached hydrogens (tertiary/aromatic N) is 1. The van der Waals surface area contributed by atoms with Gasteiger partial charge in [0.05, 0.1) is 6.54 Å². The smallest absolute Gasteiger partial charge is 0.317 e. The molecule has 1 aromatic heterocycles. The van der Waals surface area contributed by atoms with Crippen LogP contribution in [0.2, 0.25) is 0 Å². The van der Waals surface area contributed by atoms with Crippen LogP contribution in [0, 0.1) is 0 Å². The molecule has 2 heterocycles. The molecule has 1 aliphatic rings. The topological polar surface area (TPSA) is 61.4 Å². The second-order valence-electron chi connectivity index (χ2n) is 4.72. The monoisotopic (exact) mass is 281 g/mol. The standard InChI is InChI=1S/C13H19N3O2S/c1-10(17)15-11-4-2-6-16(9-11)13(18)14-8-12-5-3-7-19-12/h3,5,7,11H,2,4,6,8-9H2,1H3,(H,14,18)(H,15,17)/t11-/m0/s1. The molecule has 0 unspecified atom stereocenters. The Bertz CT molecular complexity index is 433. The fraction of sp³-hybridized carbons (Fsp3) is 0.538. The lowest BCUT2D eigenvalue weighted by Crippen LogP contribution is -2.51. The summed E-state index contributed by atoms with van der Waals surface area (Å²) in [4.78, 5) is 26.0. The molecule has 0 bridgehead atoms.